The summed E-state index contributed by atoms with van der Waals surface area (Å²) in [7, 11) is 0. The van der Waals surface area contributed by atoms with Crippen LogP contribution in [0.25, 0.3) is 10.9 Å². The van der Waals surface area contributed by atoms with E-state index in [1.54, 1.807) is 6.20 Å². The number of nitrogens with one attached hydrogen (secondary N) is 4. The summed E-state index contributed by atoms with van der Waals surface area (Å²) >= 11 is 0. The molecule has 0 saturated heterocycles. The molecule has 0 aliphatic heterocycles. The number of fused-ring (bicyclic) bond motifs is 1. The quantitative estimate of drug-likeness (QED) is 0.0907. The van der Waals surface area contributed by atoms with Crippen molar-refractivity contribution in [2.75, 3.05) is 19.6 Å². The summed E-state index contributed by atoms with van der Waals surface area (Å²) < 4.78 is 0. The molecule has 2 unspecified atom stereocenters. The number of carboxylic acid groups (broad SMARTS) is 1. The van der Waals surface area contributed by atoms with Crippen LogP contribution in [0.2, 0.25) is 0 Å². The number of amides is 3. The molecule has 2 rings (SSSR count). The van der Waals surface area contributed by atoms with Crippen molar-refractivity contribution in [2.24, 2.45) is 22.2 Å². The fourth-order valence-electron chi connectivity index (χ4n) is 3.19. The van der Waals surface area contributed by atoms with Crippen LogP contribution in [0.3, 0.4) is 0 Å². The van der Waals surface area contributed by atoms with Gasteiger partial charge in [0.25, 0.3) is 0 Å². The molecule has 3 amide bonds. The van der Waals surface area contributed by atoms with Gasteiger partial charge >= 0.3 is 5.97 Å². The second-order valence-electron chi connectivity index (χ2n) is 7.57. The highest BCUT2D eigenvalue weighted by Gasteiger charge is 2.25. The van der Waals surface area contributed by atoms with Crippen molar-refractivity contribution in [2.45, 2.75) is 31.3 Å². The van der Waals surface area contributed by atoms with Crippen LogP contribution in [0.5, 0.6) is 0 Å². The van der Waals surface area contributed by atoms with E-state index in [1.165, 1.54) is 0 Å². The van der Waals surface area contributed by atoms with Crippen LogP contribution in [0.1, 0.15) is 18.4 Å². The zero-order valence-corrected chi connectivity index (χ0v) is 18.5. The molecule has 1 aromatic carbocycles. The van der Waals surface area contributed by atoms with Crippen LogP contribution >= 0.6 is 0 Å². The minimum absolute atomic E-state index is 0.0547. The minimum atomic E-state index is -1.21. The summed E-state index contributed by atoms with van der Waals surface area (Å²) in [5, 5.41) is 16.7. The molecule has 0 radical (unpaired) electrons. The molecule has 2 atom stereocenters. The highest BCUT2D eigenvalue weighted by molar-refractivity contribution is 5.93. The molecular weight excluding hydrogens is 444 g/mol. The third-order valence-electron chi connectivity index (χ3n) is 4.90. The smallest absolute Gasteiger partial charge is 0.322 e. The average Bonchev–Trinajstić information content (AvgIpc) is 3.20. The van der Waals surface area contributed by atoms with Crippen molar-refractivity contribution >= 4 is 40.6 Å². The second kappa shape index (κ2) is 12.8. The summed E-state index contributed by atoms with van der Waals surface area (Å²) in [5.41, 5.74) is 18.1. The molecule has 0 aliphatic carbocycles. The first-order chi connectivity index (χ1) is 16.2. The molecule has 0 saturated carbocycles. The molecule has 34 heavy (non-hydrogen) atoms. The monoisotopic (exact) mass is 474 g/mol. The number of aromatic nitrogens is 1. The topological polar surface area (TPSA) is 231 Å². The van der Waals surface area contributed by atoms with Gasteiger partial charge in [0, 0.05) is 30.1 Å². The van der Waals surface area contributed by atoms with Gasteiger partial charge in [-0.2, -0.15) is 0 Å². The molecule has 11 N–H and O–H groups in total. The maximum Gasteiger partial charge on any atom is 0.322 e. The summed E-state index contributed by atoms with van der Waals surface area (Å²) in [6, 6.07) is 5.56. The number of aliphatic imine (C=N–C) groups is 1. The number of nitrogens with two attached hydrogens (primary N) is 3. The molecule has 2 aromatic rings. The van der Waals surface area contributed by atoms with Gasteiger partial charge in [-0.1, -0.05) is 18.2 Å². The van der Waals surface area contributed by atoms with Gasteiger partial charge in [0.2, 0.25) is 17.7 Å². The normalized spacial score (nSPS) is 12.4. The first-order valence-corrected chi connectivity index (χ1v) is 10.6. The average molecular weight is 475 g/mol. The Hall–Kier alpha value is -4.13. The Kier molecular flexibility index (Phi) is 9.83. The van der Waals surface area contributed by atoms with Gasteiger partial charge in [0.1, 0.15) is 12.6 Å². The highest BCUT2D eigenvalue weighted by Crippen LogP contribution is 2.19. The molecule has 0 aliphatic rings. The summed E-state index contributed by atoms with van der Waals surface area (Å²) in [4.78, 5) is 54.7. The van der Waals surface area contributed by atoms with Crippen molar-refractivity contribution in [3.8, 4) is 0 Å². The lowest BCUT2D eigenvalue weighted by molar-refractivity contribution is -0.138. The Labute approximate surface area is 195 Å². The van der Waals surface area contributed by atoms with Crippen LogP contribution in [-0.2, 0) is 25.6 Å². The minimum Gasteiger partial charge on any atom is -0.480 e. The number of guanidine groups is 1. The van der Waals surface area contributed by atoms with Gasteiger partial charge in [-0.05, 0) is 24.5 Å². The van der Waals surface area contributed by atoms with Gasteiger partial charge in [-0.3, -0.25) is 24.2 Å². The molecule has 1 aromatic heterocycles. The highest BCUT2D eigenvalue weighted by atomic mass is 16.4. The second-order valence-corrected chi connectivity index (χ2v) is 7.57. The van der Waals surface area contributed by atoms with E-state index in [-0.39, 0.29) is 12.4 Å². The molecule has 184 valence electrons. The number of para-hydroxylation sites is 1. The van der Waals surface area contributed by atoms with Crippen LogP contribution in [0.4, 0.5) is 0 Å². The lowest BCUT2D eigenvalue weighted by Crippen LogP contribution is -2.53. The number of rotatable bonds is 13. The van der Waals surface area contributed by atoms with E-state index in [0.29, 0.717) is 19.4 Å². The van der Waals surface area contributed by atoms with E-state index in [9.17, 15) is 19.2 Å². The number of H-pyrrole nitrogens is 1. The Morgan fingerprint density at radius 3 is 2.50 bits per heavy atom. The number of aromatic amines is 1. The van der Waals surface area contributed by atoms with Crippen molar-refractivity contribution in [1.29, 1.82) is 0 Å². The van der Waals surface area contributed by atoms with E-state index >= 15 is 0 Å². The predicted octanol–water partition coefficient (Wildman–Crippen LogP) is -2.11. The number of carboxylic acids is 1. The van der Waals surface area contributed by atoms with E-state index in [1.807, 2.05) is 24.3 Å². The Bertz CT molecular complexity index is 1050. The van der Waals surface area contributed by atoms with E-state index in [4.69, 9.17) is 22.3 Å². The molecule has 13 heteroatoms. The van der Waals surface area contributed by atoms with E-state index in [2.05, 4.69) is 25.9 Å². The molecule has 0 bridgehead atoms. The molecule has 13 nitrogen and oxygen atoms in total. The van der Waals surface area contributed by atoms with Crippen LogP contribution in [-0.4, -0.2) is 71.5 Å². The van der Waals surface area contributed by atoms with E-state index < -0.39 is 48.9 Å². The van der Waals surface area contributed by atoms with Crippen molar-refractivity contribution in [1.82, 2.24) is 20.9 Å². The SMILES string of the molecule is NC(N)=NCCCC(N)C(=O)NC(Cc1c[nH]c2ccccc12)C(=O)NCC(=O)NCC(=O)O. The first kappa shape index (κ1) is 26.1. The van der Waals surface area contributed by atoms with Crippen LogP contribution in [0, 0.1) is 0 Å². The third kappa shape index (κ3) is 8.43. The first-order valence-electron chi connectivity index (χ1n) is 10.6. The van der Waals surface area contributed by atoms with Crippen molar-refractivity contribution < 1.29 is 24.3 Å². The zero-order valence-electron chi connectivity index (χ0n) is 18.5. The molecule has 1 heterocycles. The molecular formula is C21H30N8O5. The predicted molar refractivity (Wildman–Crippen MR) is 125 cm³/mol. The number of nitrogens with zero attached hydrogens (tertiary/aromatic N) is 1. The summed E-state index contributed by atoms with van der Waals surface area (Å²) in [6.45, 7) is -0.704. The summed E-state index contributed by atoms with van der Waals surface area (Å²) in [6.07, 6.45) is 2.64. The van der Waals surface area contributed by atoms with Gasteiger partial charge in [-0.15, -0.1) is 0 Å². The maximum atomic E-state index is 12.8. The van der Waals surface area contributed by atoms with Crippen molar-refractivity contribution in [3.63, 3.8) is 0 Å². The standard InChI is InChI=1S/C21H30N8O5/c22-14(5-3-7-25-21(23)24)19(33)29-16(20(34)28-10-17(30)27-11-18(31)32)8-12-9-26-15-6-2-1-4-13(12)15/h1-2,4,6,9,14,16,26H,3,5,7-8,10-11,22H2,(H,27,30)(H,28,34)(H,29,33)(H,31,32)(H4,23,24,25). The maximum absolute atomic E-state index is 12.8. The zero-order chi connectivity index (χ0) is 25.1. The summed E-state index contributed by atoms with van der Waals surface area (Å²) in [5.74, 6) is -3.10. The van der Waals surface area contributed by atoms with E-state index in [0.717, 1.165) is 16.5 Å². The molecule has 0 fully saturated rings. The van der Waals surface area contributed by atoms with Gasteiger partial charge in [-0.25, -0.2) is 0 Å². The fraction of sp³-hybridized carbons (Fsp3) is 0.381. The Balaban J connectivity index is 2.06. The number of hydrogen-bond donors (Lipinski definition) is 8. The van der Waals surface area contributed by atoms with Crippen molar-refractivity contribution in [3.05, 3.63) is 36.0 Å². The molecule has 0 spiro atoms. The Morgan fingerprint density at radius 1 is 1.06 bits per heavy atom. The van der Waals surface area contributed by atoms with Gasteiger partial charge in [0.05, 0.1) is 12.6 Å². The number of carbonyl (C=O) groups is 4. The number of carbonyl (C=O) groups excluding carboxylic acids is 3. The lowest BCUT2D eigenvalue weighted by Gasteiger charge is -2.20. The van der Waals surface area contributed by atoms with Gasteiger partial charge in [0.15, 0.2) is 5.96 Å². The van der Waals surface area contributed by atoms with Crippen LogP contribution in [0.15, 0.2) is 35.5 Å². The third-order valence-corrected chi connectivity index (χ3v) is 4.90. The largest absolute Gasteiger partial charge is 0.480 e. The lowest BCUT2D eigenvalue weighted by atomic mass is 10.0. The van der Waals surface area contributed by atoms with Crippen LogP contribution < -0.4 is 33.2 Å². The van der Waals surface area contributed by atoms with Gasteiger partial charge < -0.3 is 43.2 Å². The Morgan fingerprint density at radius 2 is 1.79 bits per heavy atom. The fourth-order valence-corrected chi connectivity index (χ4v) is 3.19. The number of benzene rings is 1. The number of aliphatic carboxylic acids is 1. The number of hydrogen-bond acceptors (Lipinski definition) is 6.